The van der Waals surface area contributed by atoms with Crippen molar-refractivity contribution in [3.8, 4) is 5.75 Å². The maximum atomic E-state index is 11.3. The van der Waals surface area contributed by atoms with Crippen LogP contribution in [0, 0.1) is 0 Å². The SMILES string of the molecule is COc1c(Cl)cc(/C=C2/NC(=O)NC2=O)cc1Br. The minimum Gasteiger partial charge on any atom is -0.494 e. The molecule has 0 radical (unpaired) electrons. The van der Waals surface area contributed by atoms with Crippen molar-refractivity contribution in [3.63, 3.8) is 0 Å². The van der Waals surface area contributed by atoms with Gasteiger partial charge in [-0.2, -0.15) is 0 Å². The molecule has 18 heavy (non-hydrogen) atoms. The van der Waals surface area contributed by atoms with Crippen LogP contribution in [0.15, 0.2) is 22.3 Å². The first-order chi connectivity index (χ1) is 8.51. The predicted octanol–water partition coefficient (Wildman–Crippen LogP) is 2.29. The van der Waals surface area contributed by atoms with Gasteiger partial charge < -0.3 is 10.1 Å². The van der Waals surface area contributed by atoms with Crippen molar-refractivity contribution >= 4 is 45.5 Å². The third-order valence-electron chi connectivity index (χ3n) is 2.26. The minimum absolute atomic E-state index is 0.174. The Hall–Kier alpha value is -1.53. The van der Waals surface area contributed by atoms with Crippen molar-refractivity contribution in [1.29, 1.82) is 0 Å². The van der Waals surface area contributed by atoms with E-state index in [0.29, 0.717) is 20.8 Å². The number of rotatable bonds is 2. The fourth-order valence-corrected chi connectivity index (χ4v) is 2.57. The molecule has 0 atom stereocenters. The van der Waals surface area contributed by atoms with Crippen molar-refractivity contribution in [3.05, 3.63) is 32.9 Å². The van der Waals surface area contributed by atoms with Crippen molar-refractivity contribution in [2.75, 3.05) is 7.11 Å². The lowest BCUT2D eigenvalue weighted by atomic mass is 10.2. The van der Waals surface area contributed by atoms with Crippen LogP contribution in [-0.4, -0.2) is 19.0 Å². The molecule has 0 saturated carbocycles. The van der Waals surface area contributed by atoms with Gasteiger partial charge in [0.1, 0.15) is 5.70 Å². The molecule has 1 heterocycles. The Morgan fingerprint density at radius 2 is 2.06 bits per heavy atom. The van der Waals surface area contributed by atoms with Crippen LogP contribution in [0.5, 0.6) is 5.75 Å². The van der Waals surface area contributed by atoms with Crippen LogP contribution in [0.1, 0.15) is 5.56 Å². The second-order valence-electron chi connectivity index (χ2n) is 3.48. The number of amides is 3. The first kappa shape index (κ1) is 12.9. The Morgan fingerprint density at radius 1 is 1.33 bits per heavy atom. The van der Waals surface area contributed by atoms with E-state index in [1.807, 2.05) is 0 Å². The van der Waals surface area contributed by atoms with Gasteiger partial charge >= 0.3 is 6.03 Å². The molecule has 0 bridgehead atoms. The number of urea groups is 1. The third-order valence-corrected chi connectivity index (χ3v) is 3.13. The lowest BCUT2D eigenvalue weighted by Gasteiger charge is -2.07. The molecule has 0 spiro atoms. The van der Waals surface area contributed by atoms with E-state index in [1.165, 1.54) is 13.2 Å². The van der Waals surface area contributed by atoms with E-state index in [2.05, 4.69) is 26.6 Å². The molecule has 0 aromatic heterocycles. The monoisotopic (exact) mass is 330 g/mol. The Morgan fingerprint density at radius 3 is 2.56 bits per heavy atom. The Labute approximate surface area is 116 Å². The highest BCUT2D eigenvalue weighted by Gasteiger charge is 2.22. The van der Waals surface area contributed by atoms with Gasteiger partial charge in [0, 0.05) is 0 Å². The van der Waals surface area contributed by atoms with E-state index in [4.69, 9.17) is 16.3 Å². The molecule has 0 unspecified atom stereocenters. The maximum absolute atomic E-state index is 11.3. The Kier molecular flexibility index (Phi) is 3.58. The summed E-state index contributed by atoms with van der Waals surface area (Å²) in [5.41, 5.74) is 0.841. The zero-order valence-corrected chi connectivity index (χ0v) is 11.6. The molecule has 7 heteroatoms. The van der Waals surface area contributed by atoms with Gasteiger partial charge in [0.2, 0.25) is 0 Å². The summed E-state index contributed by atoms with van der Waals surface area (Å²) >= 11 is 9.32. The van der Waals surface area contributed by atoms with Crippen molar-refractivity contribution < 1.29 is 14.3 Å². The second-order valence-corrected chi connectivity index (χ2v) is 4.75. The zero-order valence-electron chi connectivity index (χ0n) is 9.21. The molecule has 1 aromatic carbocycles. The molecule has 94 valence electrons. The average molecular weight is 332 g/mol. The smallest absolute Gasteiger partial charge is 0.326 e. The summed E-state index contributed by atoms with van der Waals surface area (Å²) in [6.45, 7) is 0. The summed E-state index contributed by atoms with van der Waals surface area (Å²) in [7, 11) is 1.51. The number of hydrogen-bond acceptors (Lipinski definition) is 3. The number of ether oxygens (including phenoxy) is 1. The number of imide groups is 1. The van der Waals surface area contributed by atoms with Crippen LogP contribution in [0.25, 0.3) is 6.08 Å². The van der Waals surface area contributed by atoms with Gasteiger partial charge in [-0.15, -0.1) is 0 Å². The standard InChI is InChI=1S/C11H8BrClN2O3/c1-18-9-6(12)2-5(3-7(9)13)4-8-10(16)15-11(17)14-8/h2-4H,1H3,(H2,14,15,16,17)/b8-4+. The van der Waals surface area contributed by atoms with Gasteiger partial charge in [0.15, 0.2) is 5.75 Å². The van der Waals surface area contributed by atoms with E-state index >= 15 is 0 Å². The van der Waals surface area contributed by atoms with E-state index in [0.717, 1.165) is 0 Å². The number of hydrogen-bond donors (Lipinski definition) is 2. The van der Waals surface area contributed by atoms with Crippen LogP contribution >= 0.6 is 27.5 Å². The molecule has 1 saturated heterocycles. The summed E-state index contributed by atoms with van der Waals surface area (Å²) in [5.74, 6) is 0.0433. The number of nitrogens with one attached hydrogen (secondary N) is 2. The van der Waals surface area contributed by atoms with Crippen LogP contribution in [0.2, 0.25) is 5.02 Å². The number of methoxy groups -OCH3 is 1. The maximum Gasteiger partial charge on any atom is 0.326 e. The van der Waals surface area contributed by atoms with Crippen LogP contribution in [0.3, 0.4) is 0 Å². The van der Waals surface area contributed by atoms with E-state index in [1.54, 1.807) is 12.1 Å². The van der Waals surface area contributed by atoms with E-state index in [9.17, 15) is 9.59 Å². The summed E-state index contributed by atoms with van der Waals surface area (Å²) in [5, 5.41) is 4.91. The Bertz CT molecular complexity index is 548. The lowest BCUT2D eigenvalue weighted by molar-refractivity contribution is -0.115. The summed E-state index contributed by atoms with van der Waals surface area (Å²) in [6, 6.07) is 2.83. The van der Waals surface area contributed by atoms with Gasteiger partial charge in [-0.3, -0.25) is 10.1 Å². The minimum atomic E-state index is -0.537. The summed E-state index contributed by atoms with van der Waals surface area (Å²) < 4.78 is 5.75. The van der Waals surface area contributed by atoms with Crippen LogP contribution < -0.4 is 15.4 Å². The van der Waals surface area contributed by atoms with Crippen molar-refractivity contribution in [2.24, 2.45) is 0 Å². The molecule has 1 aromatic rings. The van der Waals surface area contributed by atoms with Crippen molar-refractivity contribution in [1.82, 2.24) is 10.6 Å². The first-order valence-corrected chi connectivity index (χ1v) is 6.05. The number of carbonyl (C=O) groups is 2. The Balaban J connectivity index is 2.39. The van der Waals surface area contributed by atoms with Crippen molar-refractivity contribution in [2.45, 2.75) is 0 Å². The highest BCUT2D eigenvalue weighted by Crippen LogP contribution is 2.34. The molecule has 2 rings (SSSR count). The molecule has 1 aliphatic rings. The quantitative estimate of drug-likeness (QED) is 0.645. The third kappa shape index (κ3) is 2.49. The average Bonchev–Trinajstić information content (AvgIpc) is 2.57. The van der Waals surface area contributed by atoms with E-state index in [-0.39, 0.29) is 5.70 Å². The molecule has 1 aliphatic heterocycles. The normalized spacial score (nSPS) is 16.7. The van der Waals surface area contributed by atoms with Gasteiger partial charge in [-0.25, -0.2) is 4.79 Å². The fraction of sp³-hybridized carbons (Fsp3) is 0.0909. The fourth-order valence-electron chi connectivity index (χ4n) is 1.51. The van der Waals surface area contributed by atoms with Gasteiger partial charge in [0.05, 0.1) is 16.6 Å². The van der Waals surface area contributed by atoms with Gasteiger partial charge in [0.25, 0.3) is 5.91 Å². The largest absolute Gasteiger partial charge is 0.494 e. The van der Waals surface area contributed by atoms with E-state index < -0.39 is 11.9 Å². The lowest BCUT2D eigenvalue weighted by Crippen LogP contribution is -2.22. The number of carbonyl (C=O) groups excluding carboxylic acids is 2. The molecule has 1 fully saturated rings. The molecular formula is C11H8BrClN2O3. The molecule has 0 aliphatic carbocycles. The highest BCUT2D eigenvalue weighted by atomic mass is 79.9. The molecule has 5 nitrogen and oxygen atoms in total. The molecular weight excluding hydrogens is 323 g/mol. The molecule has 3 amide bonds. The zero-order chi connectivity index (χ0) is 13.3. The van der Waals surface area contributed by atoms with Gasteiger partial charge in [-0.1, -0.05) is 11.6 Å². The summed E-state index contributed by atoms with van der Waals surface area (Å²) in [4.78, 5) is 22.3. The second kappa shape index (κ2) is 4.99. The first-order valence-electron chi connectivity index (χ1n) is 4.88. The number of benzene rings is 1. The van der Waals surface area contributed by atoms with Crippen LogP contribution in [-0.2, 0) is 4.79 Å². The van der Waals surface area contributed by atoms with Gasteiger partial charge in [-0.05, 0) is 39.7 Å². The molecule has 2 N–H and O–H groups in total. The predicted molar refractivity (Wildman–Crippen MR) is 70.4 cm³/mol. The summed E-state index contributed by atoms with van der Waals surface area (Å²) in [6.07, 6.45) is 1.52. The topological polar surface area (TPSA) is 67.4 Å². The number of halogens is 2. The van der Waals surface area contributed by atoms with Crippen LogP contribution in [0.4, 0.5) is 4.79 Å². The highest BCUT2D eigenvalue weighted by molar-refractivity contribution is 9.10.